The first-order valence-corrected chi connectivity index (χ1v) is 10.7. The average Bonchev–Trinajstić information content (AvgIpc) is 2.66. The van der Waals surface area contributed by atoms with Crippen molar-refractivity contribution in [3.63, 3.8) is 0 Å². The van der Waals surface area contributed by atoms with E-state index in [2.05, 4.69) is 5.32 Å². The van der Waals surface area contributed by atoms with Gasteiger partial charge in [-0.2, -0.15) is 0 Å². The van der Waals surface area contributed by atoms with Crippen LogP contribution in [-0.2, 0) is 14.8 Å². The Hall–Kier alpha value is -2.81. The average molecular weight is 424 g/mol. The number of nitrogens with one attached hydrogen (secondary N) is 1. The van der Waals surface area contributed by atoms with Gasteiger partial charge in [-0.3, -0.25) is 9.10 Å². The third-order valence-corrected chi connectivity index (χ3v) is 5.65. The Bertz CT molecular complexity index is 981. The molecule has 0 aliphatic heterocycles. The van der Waals surface area contributed by atoms with Crippen LogP contribution in [0.5, 0.6) is 11.5 Å². The molecule has 2 rings (SSSR count). The molecule has 0 aliphatic rings. The molecule has 7 nitrogen and oxygen atoms in total. The monoisotopic (exact) mass is 424 g/mol. The van der Waals surface area contributed by atoms with Crippen LogP contribution in [0.1, 0.15) is 25.5 Å². The highest BCUT2D eigenvalue weighted by Crippen LogP contribution is 2.29. The van der Waals surface area contributed by atoms with Gasteiger partial charge in [-0.25, -0.2) is 12.8 Å². The van der Waals surface area contributed by atoms with Crippen LogP contribution in [0.2, 0.25) is 0 Å². The van der Waals surface area contributed by atoms with Gasteiger partial charge in [-0.15, -0.1) is 0 Å². The largest absolute Gasteiger partial charge is 0.497 e. The van der Waals surface area contributed by atoms with Gasteiger partial charge < -0.3 is 14.8 Å². The van der Waals surface area contributed by atoms with Crippen LogP contribution < -0.4 is 19.1 Å². The standard InChI is InChI=1S/C20H25FN2O5S/c1-13(18-12-17(27-3)9-10-19(18)28-4)22-20(24)14(2)23(29(5,25)26)16-8-6-7-15(21)11-16/h6-14H,1-5H3,(H,22,24)/t13-,14+/m0/s1. The molecule has 2 aromatic carbocycles. The van der Waals surface area contributed by atoms with Crippen LogP contribution in [0.25, 0.3) is 0 Å². The smallest absolute Gasteiger partial charge is 0.244 e. The van der Waals surface area contributed by atoms with E-state index in [1.54, 1.807) is 25.1 Å². The molecule has 2 aromatic rings. The molecule has 0 bridgehead atoms. The first kappa shape index (κ1) is 22.5. The Morgan fingerprint density at radius 1 is 1.10 bits per heavy atom. The molecular formula is C20H25FN2O5S. The predicted octanol–water partition coefficient (Wildman–Crippen LogP) is 2.87. The number of nitrogens with zero attached hydrogens (tertiary/aromatic N) is 1. The predicted molar refractivity (Wildman–Crippen MR) is 109 cm³/mol. The molecule has 0 saturated heterocycles. The Morgan fingerprint density at radius 2 is 1.79 bits per heavy atom. The van der Waals surface area contributed by atoms with Crippen LogP contribution in [0, 0.1) is 5.82 Å². The Kier molecular flexibility index (Phi) is 7.07. The van der Waals surface area contributed by atoms with Crippen LogP contribution in [0.15, 0.2) is 42.5 Å². The van der Waals surface area contributed by atoms with Crippen molar-refractivity contribution in [1.29, 1.82) is 0 Å². The molecule has 0 heterocycles. The van der Waals surface area contributed by atoms with Crippen molar-refractivity contribution in [2.45, 2.75) is 25.9 Å². The van der Waals surface area contributed by atoms with Crippen molar-refractivity contribution in [2.24, 2.45) is 0 Å². The molecule has 1 amide bonds. The highest BCUT2D eigenvalue weighted by molar-refractivity contribution is 7.92. The number of methoxy groups -OCH3 is 2. The summed E-state index contributed by atoms with van der Waals surface area (Å²) in [6, 6.07) is 8.67. The summed E-state index contributed by atoms with van der Waals surface area (Å²) in [6.07, 6.45) is 0.968. The van der Waals surface area contributed by atoms with Crippen molar-refractivity contribution < 1.29 is 27.1 Å². The van der Waals surface area contributed by atoms with E-state index >= 15 is 0 Å². The number of hydrogen-bond acceptors (Lipinski definition) is 5. The van der Waals surface area contributed by atoms with E-state index in [1.807, 2.05) is 0 Å². The summed E-state index contributed by atoms with van der Waals surface area (Å²) in [5.41, 5.74) is 0.742. The number of carbonyl (C=O) groups excluding carboxylic acids is 1. The minimum Gasteiger partial charge on any atom is -0.497 e. The first-order valence-electron chi connectivity index (χ1n) is 8.85. The van der Waals surface area contributed by atoms with E-state index in [1.165, 1.54) is 39.3 Å². The van der Waals surface area contributed by atoms with E-state index in [0.717, 1.165) is 16.6 Å². The lowest BCUT2D eigenvalue weighted by Crippen LogP contribution is -2.48. The molecule has 0 aliphatic carbocycles. The molecular weight excluding hydrogens is 399 g/mol. The van der Waals surface area contributed by atoms with Gasteiger partial charge in [-0.05, 0) is 50.2 Å². The summed E-state index contributed by atoms with van der Waals surface area (Å²) < 4.78 is 49.7. The third-order valence-electron chi connectivity index (χ3n) is 4.41. The number of sulfonamides is 1. The second-order valence-corrected chi connectivity index (χ2v) is 8.41. The summed E-state index contributed by atoms with van der Waals surface area (Å²) in [6.45, 7) is 3.19. The zero-order valence-corrected chi connectivity index (χ0v) is 17.8. The van der Waals surface area contributed by atoms with E-state index in [4.69, 9.17) is 9.47 Å². The maximum Gasteiger partial charge on any atom is 0.244 e. The van der Waals surface area contributed by atoms with Crippen LogP contribution >= 0.6 is 0 Å². The Morgan fingerprint density at radius 3 is 2.34 bits per heavy atom. The minimum atomic E-state index is -3.84. The lowest BCUT2D eigenvalue weighted by molar-refractivity contribution is -0.122. The summed E-state index contributed by atoms with van der Waals surface area (Å²) in [4.78, 5) is 12.8. The first-order chi connectivity index (χ1) is 13.6. The summed E-state index contributed by atoms with van der Waals surface area (Å²) in [7, 11) is -0.802. The molecule has 0 saturated carbocycles. The van der Waals surface area contributed by atoms with Gasteiger partial charge in [0.15, 0.2) is 0 Å². The van der Waals surface area contributed by atoms with Gasteiger partial charge in [0.25, 0.3) is 0 Å². The number of anilines is 1. The number of benzene rings is 2. The van der Waals surface area contributed by atoms with Crippen LogP contribution in [-0.4, -0.2) is 40.8 Å². The Labute approximate surface area is 170 Å². The van der Waals surface area contributed by atoms with Crippen LogP contribution in [0.3, 0.4) is 0 Å². The SMILES string of the molecule is COc1ccc(OC)c([C@H](C)NC(=O)[C@@H](C)N(c2cccc(F)c2)S(C)(=O)=O)c1. The summed E-state index contributed by atoms with van der Waals surface area (Å²) in [5.74, 6) is -0.000809. The molecule has 158 valence electrons. The fourth-order valence-electron chi connectivity index (χ4n) is 3.01. The van der Waals surface area contributed by atoms with Gasteiger partial charge in [0.1, 0.15) is 23.4 Å². The molecule has 1 N–H and O–H groups in total. The van der Waals surface area contributed by atoms with Crippen molar-refractivity contribution >= 4 is 21.6 Å². The maximum absolute atomic E-state index is 13.6. The van der Waals surface area contributed by atoms with Gasteiger partial charge in [-0.1, -0.05) is 6.07 Å². The van der Waals surface area contributed by atoms with Gasteiger partial charge in [0.2, 0.25) is 15.9 Å². The molecule has 29 heavy (non-hydrogen) atoms. The zero-order chi connectivity index (χ0) is 21.8. The zero-order valence-electron chi connectivity index (χ0n) is 17.0. The molecule has 0 aromatic heterocycles. The van der Waals surface area contributed by atoms with Crippen molar-refractivity contribution in [3.05, 3.63) is 53.8 Å². The third kappa shape index (κ3) is 5.38. The van der Waals surface area contributed by atoms with Gasteiger partial charge in [0.05, 0.1) is 32.2 Å². The van der Waals surface area contributed by atoms with E-state index in [9.17, 15) is 17.6 Å². The summed E-state index contributed by atoms with van der Waals surface area (Å²) >= 11 is 0. The number of amides is 1. The number of carbonyl (C=O) groups is 1. The summed E-state index contributed by atoms with van der Waals surface area (Å²) in [5, 5.41) is 2.78. The Balaban J connectivity index is 2.30. The van der Waals surface area contributed by atoms with Gasteiger partial charge in [0, 0.05) is 5.56 Å². The van der Waals surface area contributed by atoms with Gasteiger partial charge >= 0.3 is 0 Å². The topological polar surface area (TPSA) is 84.9 Å². The second kappa shape index (κ2) is 9.13. The van der Waals surface area contributed by atoms with Crippen molar-refractivity contribution in [2.75, 3.05) is 24.8 Å². The molecule has 0 fully saturated rings. The number of hydrogen-bond donors (Lipinski definition) is 1. The number of ether oxygens (including phenoxy) is 2. The highest BCUT2D eigenvalue weighted by Gasteiger charge is 2.30. The fraction of sp³-hybridized carbons (Fsp3) is 0.350. The lowest BCUT2D eigenvalue weighted by Gasteiger charge is -2.29. The molecule has 2 atom stereocenters. The highest BCUT2D eigenvalue weighted by atomic mass is 32.2. The number of halogens is 1. The number of rotatable bonds is 8. The molecule has 9 heteroatoms. The van der Waals surface area contributed by atoms with Crippen molar-refractivity contribution in [1.82, 2.24) is 5.32 Å². The quantitative estimate of drug-likeness (QED) is 0.704. The van der Waals surface area contributed by atoms with Crippen molar-refractivity contribution in [3.8, 4) is 11.5 Å². The molecule has 0 spiro atoms. The van der Waals surface area contributed by atoms with E-state index in [-0.39, 0.29) is 5.69 Å². The molecule has 0 radical (unpaired) electrons. The minimum absolute atomic E-state index is 0.0711. The van der Waals surface area contributed by atoms with Crippen LogP contribution in [0.4, 0.5) is 10.1 Å². The maximum atomic E-state index is 13.6. The van der Waals surface area contributed by atoms with E-state index in [0.29, 0.717) is 17.1 Å². The lowest BCUT2D eigenvalue weighted by atomic mass is 10.1. The molecule has 0 unspecified atom stereocenters. The normalized spacial score (nSPS) is 13.3. The van der Waals surface area contributed by atoms with E-state index < -0.39 is 33.8 Å². The second-order valence-electron chi connectivity index (χ2n) is 6.55. The fourth-order valence-corrected chi connectivity index (χ4v) is 4.18.